The van der Waals surface area contributed by atoms with Crippen LogP contribution in [0.15, 0.2) is 18.3 Å². The van der Waals surface area contributed by atoms with E-state index in [2.05, 4.69) is 35.1 Å². The number of nitrogens with zero attached hydrogens (tertiary/aromatic N) is 3. The lowest BCUT2D eigenvalue weighted by Gasteiger charge is -2.34. The molecule has 1 aliphatic heterocycles. The number of aryl methyl sites for hydroxylation is 1. The Morgan fingerprint density at radius 2 is 1.95 bits per heavy atom. The Morgan fingerprint density at radius 3 is 2.65 bits per heavy atom. The molecule has 2 aromatic heterocycles. The third-order valence-corrected chi connectivity index (χ3v) is 4.26. The maximum Gasteiger partial charge on any atom is 0.137 e. The number of hydrogen-bond donors (Lipinski definition) is 1. The summed E-state index contributed by atoms with van der Waals surface area (Å²) >= 11 is 0. The lowest BCUT2D eigenvalue weighted by Crippen LogP contribution is -2.38. The molecule has 2 atom stereocenters. The van der Waals surface area contributed by atoms with Gasteiger partial charge in [-0.05, 0) is 37.3 Å². The van der Waals surface area contributed by atoms with E-state index >= 15 is 0 Å². The predicted molar refractivity (Wildman–Crippen MR) is 82.6 cm³/mol. The molecule has 3 heterocycles. The molecule has 1 saturated heterocycles. The van der Waals surface area contributed by atoms with Gasteiger partial charge in [0.2, 0.25) is 0 Å². The number of hydrogen-bond acceptors (Lipinski definition) is 3. The zero-order chi connectivity index (χ0) is 14.3. The molecular weight excluding hydrogens is 248 g/mol. The van der Waals surface area contributed by atoms with E-state index in [0.717, 1.165) is 35.4 Å². The summed E-state index contributed by atoms with van der Waals surface area (Å²) in [5.41, 5.74) is 10.1. The van der Waals surface area contributed by atoms with E-state index in [0.29, 0.717) is 0 Å². The average molecular weight is 272 g/mol. The fraction of sp³-hybridized carbons (Fsp3) is 0.562. The minimum absolute atomic E-state index is 0.781. The second kappa shape index (κ2) is 5.09. The number of nitrogen functional groups attached to an aromatic ring is 1. The van der Waals surface area contributed by atoms with Gasteiger partial charge in [0.15, 0.2) is 0 Å². The summed E-state index contributed by atoms with van der Waals surface area (Å²) in [7, 11) is 0. The van der Waals surface area contributed by atoms with Crippen LogP contribution in [0.1, 0.15) is 31.7 Å². The molecule has 0 amide bonds. The number of fused-ring (bicyclic) bond motifs is 1. The molecule has 2 N–H and O–H groups in total. The van der Waals surface area contributed by atoms with Gasteiger partial charge in [0.05, 0.1) is 11.4 Å². The van der Waals surface area contributed by atoms with Gasteiger partial charge in [0, 0.05) is 31.5 Å². The van der Waals surface area contributed by atoms with Crippen LogP contribution >= 0.6 is 0 Å². The Morgan fingerprint density at radius 1 is 1.25 bits per heavy atom. The Hall–Kier alpha value is -1.55. The van der Waals surface area contributed by atoms with Crippen molar-refractivity contribution in [3.8, 4) is 0 Å². The molecule has 0 radical (unpaired) electrons. The Bertz CT molecular complexity index is 606. The smallest absolute Gasteiger partial charge is 0.137 e. The molecule has 0 aromatic carbocycles. The number of rotatable bonds is 2. The van der Waals surface area contributed by atoms with Crippen LogP contribution in [0.25, 0.3) is 5.65 Å². The molecular formula is C16H24N4. The third kappa shape index (κ3) is 2.52. The first-order chi connectivity index (χ1) is 9.52. The molecule has 3 rings (SSSR count). The van der Waals surface area contributed by atoms with Crippen molar-refractivity contribution in [1.29, 1.82) is 0 Å². The van der Waals surface area contributed by atoms with Crippen molar-refractivity contribution < 1.29 is 0 Å². The second-order valence-corrected chi connectivity index (χ2v) is 6.47. The summed E-state index contributed by atoms with van der Waals surface area (Å²) < 4.78 is 2.15. The fourth-order valence-corrected chi connectivity index (χ4v) is 3.55. The van der Waals surface area contributed by atoms with Crippen molar-refractivity contribution in [3.05, 3.63) is 29.7 Å². The van der Waals surface area contributed by atoms with Crippen LogP contribution in [0.2, 0.25) is 0 Å². The van der Waals surface area contributed by atoms with E-state index in [1.807, 2.05) is 18.3 Å². The van der Waals surface area contributed by atoms with Gasteiger partial charge in [-0.3, -0.25) is 4.90 Å². The largest absolute Gasteiger partial charge is 0.398 e. The Kier molecular flexibility index (Phi) is 3.42. The molecule has 2 unspecified atom stereocenters. The normalized spacial score (nSPS) is 24.4. The summed E-state index contributed by atoms with van der Waals surface area (Å²) in [4.78, 5) is 7.19. The Labute approximate surface area is 120 Å². The van der Waals surface area contributed by atoms with Gasteiger partial charge in [-0.2, -0.15) is 0 Å². The van der Waals surface area contributed by atoms with E-state index in [4.69, 9.17) is 5.73 Å². The molecule has 108 valence electrons. The van der Waals surface area contributed by atoms with E-state index in [-0.39, 0.29) is 0 Å². The van der Waals surface area contributed by atoms with Crippen molar-refractivity contribution in [2.24, 2.45) is 11.8 Å². The first-order valence-electron chi connectivity index (χ1n) is 7.48. The first-order valence-corrected chi connectivity index (χ1v) is 7.48. The van der Waals surface area contributed by atoms with Gasteiger partial charge >= 0.3 is 0 Å². The molecule has 4 nitrogen and oxygen atoms in total. The van der Waals surface area contributed by atoms with Crippen LogP contribution in [0.5, 0.6) is 0 Å². The highest BCUT2D eigenvalue weighted by Gasteiger charge is 2.23. The van der Waals surface area contributed by atoms with E-state index < -0.39 is 0 Å². The van der Waals surface area contributed by atoms with Gasteiger partial charge in [0.1, 0.15) is 5.65 Å². The number of imidazole rings is 1. The first kappa shape index (κ1) is 13.4. The highest BCUT2D eigenvalue weighted by Crippen LogP contribution is 2.24. The Balaban J connectivity index is 1.90. The average Bonchev–Trinajstić information content (AvgIpc) is 2.65. The third-order valence-electron chi connectivity index (χ3n) is 4.26. The van der Waals surface area contributed by atoms with E-state index in [1.165, 1.54) is 25.2 Å². The molecule has 20 heavy (non-hydrogen) atoms. The lowest BCUT2D eigenvalue weighted by atomic mass is 9.92. The maximum atomic E-state index is 5.92. The highest BCUT2D eigenvalue weighted by atomic mass is 15.2. The molecule has 2 aromatic rings. The number of anilines is 1. The van der Waals surface area contributed by atoms with Crippen LogP contribution in [0, 0.1) is 18.8 Å². The molecule has 0 saturated carbocycles. The molecule has 1 fully saturated rings. The topological polar surface area (TPSA) is 46.6 Å². The van der Waals surface area contributed by atoms with Crippen LogP contribution in [-0.2, 0) is 6.54 Å². The van der Waals surface area contributed by atoms with Crippen LogP contribution in [0.3, 0.4) is 0 Å². The van der Waals surface area contributed by atoms with Crippen molar-refractivity contribution in [1.82, 2.24) is 14.3 Å². The fourth-order valence-electron chi connectivity index (χ4n) is 3.55. The zero-order valence-corrected chi connectivity index (χ0v) is 12.6. The lowest BCUT2D eigenvalue weighted by molar-refractivity contribution is 0.132. The second-order valence-electron chi connectivity index (χ2n) is 6.47. The van der Waals surface area contributed by atoms with Gasteiger partial charge in [-0.25, -0.2) is 4.98 Å². The van der Waals surface area contributed by atoms with Gasteiger partial charge < -0.3 is 10.1 Å². The molecule has 1 aliphatic rings. The number of aromatic nitrogens is 2. The van der Waals surface area contributed by atoms with Crippen molar-refractivity contribution in [2.45, 2.75) is 33.7 Å². The van der Waals surface area contributed by atoms with E-state index in [9.17, 15) is 0 Å². The number of pyridine rings is 1. The zero-order valence-electron chi connectivity index (χ0n) is 12.6. The molecule has 0 aliphatic carbocycles. The van der Waals surface area contributed by atoms with Crippen molar-refractivity contribution >= 4 is 11.3 Å². The molecule has 4 heteroatoms. The minimum atomic E-state index is 0.781. The quantitative estimate of drug-likeness (QED) is 0.914. The standard InChI is InChI=1S/C16H24N4/c1-11-6-12(2)8-19(7-11)10-15-13(3)18-16-5-4-14(17)9-20(15)16/h4-5,9,11-12H,6-8,10,17H2,1-3H3. The van der Waals surface area contributed by atoms with Crippen molar-refractivity contribution in [3.63, 3.8) is 0 Å². The van der Waals surface area contributed by atoms with Gasteiger partial charge in [-0.15, -0.1) is 0 Å². The highest BCUT2D eigenvalue weighted by molar-refractivity contribution is 5.50. The summed E-state index contributed by atoms with van der Waals surface area (Å²) in [5, 5.41) is 0. The van der Waals surface area contributed by atoms with Crippen LogP contribution in [-0.4, -0.2) is 27.4 Å². The summed E-state index contributed by atoms with van der Waals surface area (Å²) in [5.74, 6) is 1.56. The molecule has 0 bridgehead atoms. The van der Waals surface area contributed by atoms with Gasteiger partial charge in [-0.1, -0.05) is 13.8 Å². The van der Waals surface area contributed by atoms with Crippen LogP contribution < -0.4 is 5.73 Å². The summed E-state index contributed by atoms with van der Waals surface area (Å²) in [6, 6.07) is 3.91. The van der Waals surface area contributed by atoms with E-state index in [1.54, 1.807) is 0 Å². The summed E-state index contributed by atoms with van der Waals surface area (Å²) in [6.45, 7) is 10.1. The molecule has 0 spiro atoms. The van der Waals surface area contributed by atoms with Gasteiger partial charge in [0.25, 0.3) is 0 Å². The summed E-state index contributed by atoms with van der Waals surface area (Å²) in [6.07, 6.45) is 3.33. The number of nitrogens with two attached hydrogens (primary N) is 1. The van der Waals surface area contributed by atoms with Crippen molar-refractivity contribution in [2.75, 3.05) is 18.8 Å². The monoisotopic (exact) mass is 272 g/mol. The number of likely N-dealkylation sites (tertiary alicyclic amines) is 1. The predicted octanol–water partition coefficient (Wildman–Crippen LogP) is 2.70. The minimum Gasteiger partial charge on any atom is -0.398 e. The van der Waals surface area contributed by atoms with Crippen LogP contribution in [0.4, 0.5) is 5.69 Å². The maximum absolute atomic E-state index is 5.92. The SMILES string of the molecule is Cc1nc2ccc(N)cn2c1CN1CC(C)CC(C)C1. The number of piperidine rings is 1.